The summed E-state index contributed by atoms with van der Waals surface area (Å²) in [6, 6.07) is 0. The number of ether oxygens (including phenoxy) is 1. The highest BCUT2D eigenvalue weighted by Gasteiger charge is 2.09. The highest BCUT2D eigenvalue weighted by atomic mass is 17.2. The Kier molecular flexibility index (Phi) is 6.08. The third-order valence-corrected chi connectivity index (χ3v) is 2.23. The minimum Gasteiger partial charge on any atom is -0.497 e. The zero-order valence-electron chi connectivity index (χ0n) is 9.20. The first-order valence-electron chi connectivity index (χ1n) is 5.33. The standard InChI is InChI=1S/C11H19NO3/c1-2-3-4-10-5-6-13-7-11(10)8-14-15-9-12/h5,7H,2-4,6,8-9,12H2,1H3. The van der Waals surface area contributed by atoms with Crippen LogP contribution in [0.4, 0.5) is 0 Å². The summed E-state index contributed by atoms with van der Waals surface area (Å²) in [5, 5.41) is 0. The van der Waals surface area contributed by atoms with Gasteiger partial charge in [-0.2, -0.15) is 0 Å². The van der Waals surface area contributed by atoms with E-state index in [2.05, 4.69) is 17.9 Å². The fourth-order valence-electron chi connectivity index (χ4n) is 1.41. The molecule has 1 rings (SSSR count). The van der Waals surface area contributed by atoms with E-state index >= 15 is 0 Å². The molecule has 1 heterocycles. The van der Waals surface area contributed by atoms with Gasteiger partial charge >= 0.3 is 0 Å². The molecular formula is C11H19NO3. The van der Waals surface area contributed by atoms with E-state index in [-0.39, 0.29) is 6.73 Å². The maximum Gasteiger partial charge on any atom is 0.130 e. The Hall–Kier alpha value is -0.840. The zero-order chi connectivity index (χ0) is 10.9. The number of rotatable bonds is 7. The molecule has 4 nitrogen and oxygen atoms in total. The molecule has 0 spiro atoms. The van der Waals surface area contributed by atoms with Crippen LogP contribution in [0.3, 0.4) is 0 Å². The van der Waals surface area contributed by atoms with Crippen LogP contribution >= 0.6 is 0 Å². The maximum atomic E-state index is 5.22. The van der Waals surface area contributed by atoms with Crippen molar-refractivity contribution in [3.05, 3.63) is 23.5 Å². The average Bonchev–Trinajstić information content (AvgIpc) is 2.28. The van der Waals surface area contributed by atoms with E-state index in [0.29, 0.717) is 13.2 Å². The summed E-state index contributed by atoms with van der Waals surface area (Å²) in [5.74, 6) is 0. The van der Waals surface area contributed by atoms with Gasteiger partial charge in [0.05, 0.1) is 6.26 Å². The Morgan fingerprint density at radius 3 is 3.00 bits per heavy atom. The Bertz CT molecular complexity index is 236. The van der Waals surface area contributed by atoms with E-state index in [0.717, 1.165) is 12.0 Å². The predicted molar refractivity (Wildman–Crippen MR) is 57.7 cm³/mol. The summed E-state index contributed by atoms with van der Waals surface area (Å²) in [7, 11) is 0. The summed E-state index contributed by atoms with van der Waals surface area (Å²) >= 11 is 0. The minimum absolute atomic E-state index is 0.0716. The molecule has 0 aromatic carbocycles. The minimum atomic E-state index is 0.0716. The molecule has 0 amide bonds. The van der Waals surface area contributed by atoms with Crippen LogP contribution in [-0.4, -0.2) is 19.9 Å². The third kappa shape index (κ3) is 4.46. The van der Waals surface area contributed by atoms with E-state index in [9.17, 15) is 0 Å². The molecule has 4 heteroatoms. The van der Waals surface area contributed by atoms with Crippen LogP contribution in [0.25, 0.3) is 0 Å². The highest BCUT2D eigenvalue weighted by molar-refractivity contribution is 5.32. The van der Waals surface area contributed by atoms with Crippen LogP contribution in [0.1, 0.15) is 26.2 Å². The monoisotopic (exact) mass is 213 g/mol. The molecule has 0 aromatic heterocycles. The number of hydrogen-bond acceptors (Lipinski definition) is 4. The summed E-state index contributed by atoms with van der Waals surface area (Å²) in [6.07, 6.45) is 7.27. The smallest absolute Gasteiger partial charge is 0.130 e. The molecule has 2 N–H and O–H groups in total. The molecule has 0 aromatic rings. The lowest BCUT2D eigenvalue weighted by Gasteiger charge is -2.16. The zero-order valence-corrected chi connectivity index (χ0v) is 9.20. The van der Waals surface area contributed by atoms with Crippen LogP contribution in [-0.2, 0) is 14.5 Å². The van der Waals surface area contributed by atoms with Crippen molar-refractivity contribution >= 4 is 0 Å². The lowest BCUT2D eigenvalue weighted by atomic mass is 10.0. The summed E-state index contributed by atoms with van der Waals surface area (Å²) in [5.41, 5.74) is 7.49. The Labute approximate surface area is 90.6 Å². The summed E-state index contributed by atoms with van der Waals surface area (Å²) < 4.78 is 5.22. The van der Waals surface area contributed by atoms with Gasteiger partial charge < -0.3 is 10.5 Å². The predicted octanol–water partition coefficient (Wildman–Crippen LogP) is 1.88. The molecule has 0 bridgehead atoms. The van der Waals surface area contributed by atoms with Crippen molar-refractivity contribution in [1.29, 1.82) is 0 Å². The van der Waals surface area contributed by atoms with Crippen LogP contribution in [0.15, 0.2) is 23.5 Å². The average molecular weight is 213 g/mol. The Balaban J connectivity index is 2.37. The van der Waals surface area contributed by atoms with Gasteiger partial charge in [-0.15, -0.1) is 0 Å². The molecule has 0 saturated carbocycles. The van der Waals surface area contributed by atoms with Crippen LogP contribution in [0.2, 0.25) is 0 Å². The highest BCUT2D eigenvalue weighted by Crippen LogP contribution is 2.20. The second kappa shape index (κ2) is 7.45. The van der Waals surface area contributed by atoms with E-state index in [1.165, 1.54) is 18.4 Å². The topological polar surface area (TPSA) is 53.7 Å². The summed E-state index contributed by atoms with van der Waals surface area (Å²) in [4.78, 5) is 9.56. The Morgan fingerprint density at radius 2 is 2.27 bits per heavy atom. The van der Waals surface area contributed by atoms with E-state index in [1.807, 2.05) is 0 Å². The van der Waals surface area contributed by atoms with Crippen molar-refractivity contribution in [2.24, 2.45) is 5.73 Å². The normalized spacial score (nSPS) is 15.6. The fourth-order valence-corrected chi connectivity index (χ4v) is 1.41. The van der Waals surface area contributed by atoms with Gasteiger partial charge in [0, 0.05) is 5.57 Å². The molecule has 0 unspecified atom stereocenters. The van der Waals surface area contributed by atoms with Gasteiger partial charge in [-0.1, -0.05) is 13.3 Å². The number of hydrogen-bond donors (Lipinski definition) is 1. The van der Waals surface area contributed by atoms with Gasteiger partial charge in [-0.25, -0.2) is 9.78 Å². The van der Waals surface area contributed by atoms with Crippen molar-refractivity contribution in [3.63, 3.8) is 0 Å². The quantitative estimate of drug-likeness (QED) is 0.303. The first-order chi connectivity index (χ1) is 7.38. The molecule has 1 aliphatic heterocycles. The van der Waals surface area contributed by atoms with Gasteiger partial charge in [-0.3, -0.25) is 0 Å². The summed E-state index contributed by atoms with van der Waals surface area (Å²) in [6.45, 7) is 3.30. The van der Waals surface area contributed by atoms with Gasteiger partial charge in [-0.05, 0) is 24.5 Å². The maximum absolute atomic E-state index is 5.22. The van der Waals surface area contributed by atoms with E-state index in [1.54, 1.807) is 6.26 Å². The van der Waals surface area contributed by atoms with Crippen LogP contribution in [0.5, 0.6) is 0 Å². The third-order valence-electron chi connectivity index (χ3n) is 2.23. The molecule has 0 fully saturated rings. The number of nitrogens with two attached hydrogens (primary N) is 1. The van der Waals surface area contributed by atoms with Gasteiger partial charge in [0.15, 0.2) is 0 Å². The van der Waals surface area contributed by atoms with Gasteiger partial charge in [0.2, 0.25) is 0 Å². The van der Waals surface area contributed by atoms with Crippen molar-refractivity contribution in [2.75, 3.05) is 19.9 Å². The first kappa shape index (κ1) is 12.2. The molecule has 0 atom stereocenters. The van der Waals surface area contributed by atoms with Crippen molar-refractivity contribution in [3.8, 4) is 0 Å². The second-order valence-electron chi connectivity index (χ2n) is 3.36. The molecule has 1 aliphatic rings. The number of unbranched alkanes of at least 4 members (excludes halogenated alkanes) is 1. The fraction of sp³-hybridized carbons (Fsp3) is 0.636. The van der Waals surface area contributed by atoms with E-state index in [4.69, 9.17) is 15.4 Å². The largest absolute Gasteiger partial charge is 0.497 e. The van der Waals surface area contributed by atoms with Gasteiger partial charge in [0.1, 0.15) is 19.9 Å². The lowest BCUT2D eigenvalue weighted by molar-refractivity contribution is -0.286. The van der Waals surface area contributed by atoms with Crippen molar-refractivity contribution in [2.45, 2.75) is 26.2 Å². The van der Waals surface area contributed by atoms with Crippen LogP contribution in [0, 0.1) is 0 Å². The lowest BCUT2D eigenvalue weighted by Crippen LogP contribution is -2.10. The van der Waals surface area contributed by atoms with E-state index < -0.39 is 0 Å². The molecule has 86 valence electrons. The van der Waals surface area contributed by atoms with Gasteiger partial charge in [0.25, 0.3) is 0 Å². The molecule has 0 radical (unpaired) electrons. The van der Waals surface area contributed by atoms with Crippen LogP contribution < -0.4 is 5.73 Å². The second-order valence-corrected chi connectivity index (χ2v) is 3.36. The molecule has 0 saturated heterocycles. The Morgan fingerprint density at radius 1 is 1.40 bits per heavy atom. The van der Waals surface area contributed by atoms with Crippen molar-refractivity contribution < 1.29 is 14.5 Å². The molecular weight excluding hydrogens is 194 g/mol. The SMILES string of the molecule is CCCCC1=CCOC=C1COOCN. The van der Waals surface area contributed by atoms with Crippen molar-refractivity contribution in [1.82, 2.24) is 0 Å². The molecule has 15 heavy (non-hydrogen) atoms. The first-order valence-corrected chi connectivity index (χ1v) is 5.33. The molecule has 0 aliphatic carbocycles.